The van der Waals surface area contributed by atoms with Crippen LogP contribution in [0.25, 0.3) is 16.9 Å². The molecule has 0 radical (unpaired) electrons. The van der Waals surface area contributed by atoms with Gasteiger partial charge in [0.05, 0.1) is 5.69 Å². The third kappa shape index (κ3) is 4.55. The van der Waals surface area contributed by atoms with E-state index in [1.165, 1.54) is 46.0 Å². The Kier molecular flexibility index (Phi) is 6.19. The number of amides is 1. The van der Waals surface area contributed by atoms with Crippen molar-refractivity contribution >= 4 is 11.6 Å². The molecule has 1 aromatic heterocycles. The van der Waals surface area contributed by atoms with Gasteiger partial charge in [0.2, 0.25) is 0 Å². The van der Waals surface area contributed by atoms with E-state index in [1.54, 1.807) is 18.3 Å². The number of ether oxygens (including phenoxy) is 1. The number of hydrogen-bond donors (Lipinski definition) is 1. The lowest BCUT2D eigenvalue weighted by Gasteiger charge is -2.23. The predicted molar refractivity (Wildman–Crippen MR) is 124 cm³/mol. The molecule has 10 heteroatoms. The summed E-state index contributed by atoms with van der Waals surface area (Å²) in [6.07, 6.45) is 0.875. The highest BCUT2D eigenvalue weighted by Gasteiger charge is 2.36. The van der Waals surface area contributed by atoms with Crippen LogP contribution in [0.4, 0.5) is 23.2 Å². The van der Waals surface area contributed by atoms with Gasteiger partial charge in [-0.2, -0.15) is 5.10 Å². The largest absolute Gasteiger partial charge is 0.399 e. The number of carbonyl (C=O) groups is 1. The monoisotopic (exact) mass is 496 g/mol. The first kappa shape index (κ1) is 23.6. The molecular weight excluding hydrogens is 476 g/mol. The molecule has 0 bridgehead atoms. The van der Waals surface area contributed by atoms with E-state index >= 15 is 0 Å². The van der Waals surface area contributed by atoms with Crippen molar-refractivity contribution in [2.45, 2.75) is 12.6 Å². The Bertz CT molecular complexity index is 1440. The molecule has 1 aliphatic heterocycles. The molecule has 0 saturated carbocycles. The van der Waals surface area contributed by atoms with Gasteiger partial charge in [-0.05, 0) is 60.5 Å². The predicted octanol–water partition coefficient (Wildman–Crippen LogP) is 4.78. The first-order chi connectivity index (χ1) is 17.3. The summed E-state index contributed by atoms with van der Waals surface area (Å²) in [5, 5.41) is 4.51. The number of rotatable bonds is 6. The summed E-state index contributed by atoms with van der Waals surface area (Å²) in [5.41, 5.74) is 7.88. The van der Waals surface area contributed by atoms with Crippen LogP contribution in [0.15, 0.2) is 66.9 Å². The summed E-state index contributed by atoms with van der Waals surface area (Å²) in [6.45, 7) is -0.0579. The van der Waals surface area contributed by atoms with Crippen molar-refractivity contribution < 1.29 is 27.1 Å². The SMILES string of the molecule is Nc1ccc(CCN2C(=O)COC2c2cn(-c3ccc(F)c(F)c3)nc2-c2ccc(F)cc2)c(F)c1. The van der Waals surface area contributed by atoms with Gasteiger partial charge >= 0.3 is 0 Å². The molecule has 5 rings (SSSR count). The first-order valence-corrected chi connectivity index (χ1v) is 11.1. The van der Waals surface area contributed by atoms with E-state index in [2.05, 4.69) is 5.10 Å². The third-order valence-corrected chi connectivity index (χ3v) is 5.96. The minimum atomic E-state index is -1.05. The average Bonchev–Trinajstić information content (AvgIpc) is 3.44. The molecule has 0 aliphatic carbocycles. The summed E-state index contributed by atoms with van der Waals surface area (Å²) < 4.78 is 62.4. The second kappa shape index (κ2) is 9.46. The van der Waals surface area contributed by atoms with Crippen LogP contribution in [-0.2, 0) is 16.0 Å². The second-order valence-corrected chi connectivity index (χ2v) is 8.33. The van der Waals surface area contributed by atoms with Crippen LogP contribution in [0.2, 0.25) is 0 Å². The Morgan fingerprint density at radius 3 is 2.44 bits per heavy atom. The highest BCUT2D eigenvalue weighted by atomic mass is 19.2. The number of hydrogen-bond acceptors (Lipinski definition) is 4. The number of nitrogens with two attached hydrogens (primary N) is 1. The van der Waals surface area contributed by atoms with Crippen LogP contribution in [0.5, 0.6) is 0 Å². The molecule has 6 nitrogen and oxygen atoms in total. The van der Waals surface area contributed by atoms with E-state index in [-0.39, 0.29) is 31.2 Å². The Balaban J connectivity index is 1.52. The molecule has 36 heavy (non-hydrogen) atoms. The van der Waals surface area contributed by atoms with Gasteiger partial charge in [0, 0.05) is 35.6 Å². The van der Waals surface area contributed by atoms with Crippen LogP contribution in [0.1, 0.15) is 17.4 Å². The molecule has 0 spiro atoms. The van der Waals surface area contributed by atoms with Crippen molar-refractivity contribution in [1.29, 1.82) is 0 Å². The van der Waals surface area contributed by atoms with E-state index in [4.69, 9.17) is 10.5 Å². The standard InChI is InChI=1S/C26H20F4N4O2/c27-17-4-1-16(2-5-17)25-20(13-34(32-25)19-7-8-21(28)23(30)12-19)26-33(24(35)14-36-26)10-9-15-3-6-18(31)11-22(15)29/h1-8,11-13,26H,9-10,14,31H2. The molecule has 1 unspecified atom stereocenters. The number of benzene rings is 3. The van der Waals surface area contributed by atoms with Crippen LogP contribution in [-0.4, -0.2) is 33.7 Å². The maximum Gasteiger partial charge on any atom is 0.250 e. The third-order valence-electron chi connectivity index (χ3n) is 5.96. The quantitative estimate of drug-likeness (QED) is 0.308. The molecule has 4 aromatic rings. The van der Waals surface area contributed by atoms with Crippen LogP contribution in [0, 0.1) is 23.3 Å². The van der Waals surface area contributed by atoms with Crippen molar-refractivity contribution in [1.82, 2.24) is 14.7 Å². The molecular formula is C26H20F4N4O2. The zero-order valence-electron chi connectivity index (χ0n) is 18.8. The van der Waals surface area contributed by atoms with Gasteiger partial charge in [-0.3, -0.25) is 4.79 Å². The number of nitrogens with zero attached hydrogens (tertiary/aromatic N) is 3. The van der Waals surface area contributed by atoms with Gasteiger partial charge in [0.15, 0.2) is 17.9 Å². The fourth-order valence-corrected chi connectivity index (χ4v) is 4.12. The van der Waals surface area contributed by atoms with Crippen molar-refractivity contribution in [3.05, 3.63) is 101 Å². The minimum Gasteiger partial charge on any atom is -0.399 e. The summed E-state index contributed by atoms with van der Waals surface area (Å²) in [6, 6.07) is 13.2. The molecule has 1 saturated heterocycles. The molecule has 1 fully saturated rings. The second-order valence-electron chi connectivity index (χ2n) is 8.33. The van der Waals surface area contributed by atoms with E-state index in [0.717, 1.165) is 12.1 Å². The molecule has 2 heterocycles. The zero-order chi connectivity index (χ0) is 25.4. The van der Waals surface area contributed by atoms with Gasteiger partial charge in [-0.25, -0.2) is 22.2 Å². The first-order valence-electron chi connectivity index (χ1n) is 11.1. The lowest BCUT2D eigenvalue weighted by molar-refractivity contribution is -0.128. The summed E-state index contributed by atoms with van der Waals surface area (Å²) in [7, 11) is 0. The van der Waals surface area contributed by atoms with Crippen LogP contribution < -0.4 is 5.73 Å². The molecule has 2 N–H and O–H groups in total. The van der Waals surface area contributed by atoms with E-state index in [0.29, 0.717) is 28.1 Å². The number of anilines is 1. The van der Waals surface area contributed by atoms with Gasteiger partial charge in [-0.15, -0.1) is 0 Å². The van der Waals surface area contributed by atoms with E-state index in [1.807, 2.05) is 0 Å². The number of nitrogen functional groups attached to an aromatic ring is 1. The Morgan fingerprint density at radius 2 is 1.72 bits per heavy atom. The summed E-state index contributed by atoms with van der Waals surface area (Å²) >= 11 is 0. The van der Waals surface area contributed by atoms with Crippen molar-refractivity contribution in [3.63, 3.8) is 0 Å². The Labute approximate surface area is 203 Å². The number of aromatic nitrogens is 2. The molecule has 184 valence electrons. The number of carbonyl (C=O) groups excluding carboxylic acids is 1. The maximum atomic E-state index is 14.3. The number of halogens is 4. The Hall–Kier alpha value is -4.18. The highest BCUT2D eigenvalue weighted by molar-refractivity contribution is 5.80. The lowest BCUT2D eigenvalue weighted by atomic mass is 10.1. The highest BCUT2D eigenvalue weighted by Crippen LogP contribution is 2.35. The Morgan fingerprint density at radius 1 is 0.944 bits per heavy atom. The van der Waals surface area contributed by atoms with Crippen molar-refractivity contribution in [2.24, 2.45) is 0 Å². The van der Waals surface area contributed by atoms with Gasteiger partial charge in [0.1, 0.15) is 23.9 Å². The average molecular weight is 496 g/mol. The zero-order valence-corrected chi connectivity index (χ0v) is 18.8. The molecule has 1 aliphatic rings. The summed E-state index contributed by atoms with van der Waals surface area (Å²) in [5.74, 6) is -3.28. The van der Waals surface area contributed by atoms with Crippen LogP contribution in [0.3, 0.4) is 0 Å². The lowest BCUT2D eigenvalue weighted by Crippen LogP contribution is -2.31. The fraction of sp³-hybridized carbons (Fsp3) is 0.154. The minimum absolute atomic E-state index is 0.142. The normalized spacial score (nSPS) is 15.6. The topological polar surface area (TPSA) is 73.4 Å². The fourth-order valence-electron chi connectivity index (χ4n) is 4.12. The van der Waals surface area contributed by atoms with Gasteiger partial charge in [-0.1, -0.05) is 6.07 Å². The van der Waals surface area contributed by atoms with Crippen LogP contribution >= 0.6 is 0 Å². The van der Waals surface area contributed by atoms with Crippen molar-refractivity contribution in [3.8, 4) is 16.9 Å². The molecule has 1 atom stereocenters. The summed E-state index contributed by atoms with van der Waals surface area (Å²) in [4.78, 5) is 14.1. The van der Waals surface area contributed by atoms with Gasteiger partial charge in [0.25, 0.3) is 5.91 Å². The van der Waals surface area contributed by atoms with E-state index in [9.17, 15) is 22.4 Å². The van der Waals surface area contributed by atoms with E-state index < -0.39 is 29.5 Å². The molecule has 1 amide bonds. The smallest absolute Gasteiger partial charge is 0.250 e. The maximum absolute atomic E-state index is 14.3. The molecule has 3 aromatic carbocycles. The van der Waals surface area contributed by atoms with Crippen molar-refractivity contribution in [2.75, 3.05) is 18.9 Å². The van der Waals surface area contributed by atoms with Gasteiger partial charge < -0.3 is 15.4 Å².